The van der Waals surface area contributed by atoms with Gasteiger partial charge in [0.25, 0.3) is 0 Å². The number of likely N-dealkylation sites (tertiary alicyclic amines) is 1. The molecule has 2 heterocycles. The summed E-state index contributed by atoms with van der Waals surface area (Å²) in [6, 6.07) is 4.34. The van der Waals surface area contributed by atoms with Gasteiger partial charge in [-0.3, -0.25) is 0 Å². The number of furan rings is 1. The zero-order chi connectivity index (χ0) is 15.8. The summed E-state index contributed by atoms with van der Waals surface area (Å²) in [4.78, 5) is 16.3. The molecule has 0 saturated carbocycles. The lowest BCUT2D eigenvalue weighted by atomic mass is 10.0. The molecule has 1 aromatic heterocycles. The highest BCUT2D eigenvalue weighted by atomic mass is 32.2. The minimum Gasteiger partial charge on any atom is -0.468 e. The van der Waals surface area contributed by atoms with Crippen molar-refractivity contribution in [1.82, 2.24) is 15.1 Å². The Morgan fingerprint density at radius 1 is 1.50 bits per heavy atom. The number of hydrogen-bond acceptors (Lipinski definition) is 4. The number of nitrogens with one attached hydrogen (secondary N) is 1. The molecule has 1 N–H and O–H groups in total. The van der Waals surface area contributed by atoms with E-state index in [1.165, 1.54) is 0 Å². The van der Waals surface area contributed by atoms with E-state index in [2.05, 4.69) is 17.3 Å². The Bertz CT molecular complexity index is 431. The number of urea groups is 1. The molecule has 0 unspecified atom stereocenters. The van der Waals surface area contributed by atoms with E-state index in [1.807, 2.05) is 35.8 Å². The number of carbonyl (C=O) groups is 1. The quantitative estimate of drug-likeness (QED) is 0.783. The van der Waals surface area contributed by atoms with E-state index in [0.29, 0.717) is 6.04 Å². The number of thioether (sulfide) groups is 1. The number of carbonyl (C=O) groups excluding carboxylic acids is 1. The number of hydrogen-bond donors (Lipinski definition) is 1. The van der Waals surface area contributed by atoms with Gasteiger partial charge in [0.15, 0.2) is 0 Å². The van der Waals surface area contributed by atoms with Gasteiger partial charge in [0.05, 0.1) is 12.0 Å². The topological polar surface area (TPSA) is 48.7 Å². The smallest absolute Gasteiger partial charge is 0.317 e. The Morgan fingerprint density at radius 2 is 2.27 bits per heavy atom. The molecule has 1 aromatic rings. The molecule has 0 atom stereocenters. The molecule has 5 nitrogen and oxygen atoms in total. The molecular formula is C16H27N3O2S. The second-order valence-electron chi connectivity index (χ2n) is 5.86. The number of amides is 2. The van der Waals surface area contributed by atoms with Crippen LogP contribution in [0.1, 0.15) is 25.0 Å². The van der Waals surface area contributed by atoms with Gasteiger partial charge in [-0.2, -0.15) is 11.8 Å². The fraction of sp³-hybridized carbons (Fsp3) is 0.688. The van der Waals surface area contributed by atoms with E-state index in [1.54, 1.807) is 6.26 Å². The maximum absolute atomic E-state index is 12.1. The average molecular weight is 325 g/mol. The number of piperidine rings is 1. The molecule has 1 aliphatic rings. The molecule has 1 saturated heterocycles. The van der Waals surface area contributed by atoms with Gasteiger partial charge in [-0.05, 0) is 57.3 Å². The van der Waals surface area contributed by atoms with Crippen molar-refractivity contribution in [2.75, 3.05) is 39.5 Å². The maximum atomic E-state index is 12.1. The summed E-state index contributed by atoms with van der Waals surface area (Å²) in [5.41, 5.74) is 0. The summed E-state index contributed by atoms with van der Waals surface area (Å²) in [5, 5.41) is 3.02. The normalized spacial score (nSPS) is 16.6. The van der Waals surface area contributed by atoms with Crippen LogP contribution in [0.15, 0.2) is 22.8 Å². The summed E-state index contributed by atoms with van der Waals surface area (Å²) in [5.74, 6) is 2.94. The van der Waals surface area contributed by atoms with E-state index in [9.17, 15) is 4.79 Å². The lowest BCUT2D eigenvalue weighted by molar-refractivity contribution is 0.148. The fourth-order valence-corrected chi connectivity index (χ4v) is 3.47. The van der Waals surface area contributed by atoms with Crippen molar-refractivity contribution in [2.24, 2.45) is 0 Å². The van der Waals surface area contributed by atoms with Crippen molar-refractivity contribution in [3.8, 4) is 0 Å². The van der Waals surface area contributed by atoms with Gasteiger partial charge in [0.1, 0.15) is 5.76 Å². The van der Waals surface area contributed by atoms with E-state index < -0.39 is 0 Å². The molecule has 22 heavy (non-hydrogen) atoms. The van der Waals surface area contributed by atoms with Crippen molar-refractivity contribution >= 4 is 17.8 Å². The molecule has 2 amide bonds. The van der Waals surface area contributed by atoms with Crippen molar-refractivity contribution in [3.05, 3.63) is 24.2 Å². The Balaban J connectivity index is 1.53. The first-order valence-corrected chi connectivity index (χ1v) is 9.11. The Morgan fingerprint density at radius 3 is 2.95 bits per heavy atom. The molecule has 1 fully saturated rings. The molecule has 0 aliphatic carbocycles. The van der Waals surface area contributed by atoms with Gasteiger partial charge < -0.3 is 19.5 Å². The van der Waals surface area contributed by atoms with Crippen molar-refractivity contribution in [3.63, 3.8) is 0 Å². The van der Waals surface area contributed by atoms with Crippen LogP contribution in [-0.4, -0.2) is 61.4 Å². The lowest BCUT2D eigenvalue weighted by Crippen LogP contribution is -2.48. The van der Waals surface area contributed by atoms with Crippen LogP contribution >= 0.6 is 11.8 Å². The van der Waals surface area contributed by atoms with Crippen LogP contribution < -0.4 is 5.32 Å². The van der Waals surface area contributed by atoms with Gasteiger partial charge in [-0.1, -0.05) is 0 Å². The number of rotatable bonds is 7. The summed E-state index contributed by atoms with van der Waals surface area (Å²) in [6.45, 7) is 2.89. The minimum atomic E-state index is 0.0607. The lowest BCUT2D eigenvalue weighted by Gasteiger charge is -2.35. The van der Waals surface area contributed by atoms with Gasteiger partial charge in [0, 0.05) is 19.6 Å². The van der Waals surface area contributed by atoms with Crippen LogP contribution in [0.2, 0.25) is 0 Å². The van der Waals surface area contributed by atoms with Gasteiger partial charge in [0.2, 0.25) is 0 Å². The second kappa shape index (κ2) is 9.10. The van der Waals surface area contributed by atoms with Gasteiger partial charge in [-0.25, -0.2) is 4.79 Å². The molecule has 6 heteroatoms. The molecular weight excluding hydrogens is 298 g/mol. The predicted molar refractivity (Wildman–Crippen MR) is 91.2 cm³/mol. The summed E-state index contributed by atoms with van der Waals surface area (Å²) in [6.07, 6.45) is 4.83. The molecule has 1 aliphatic heterocycles. The van der Waals surface area contributed by atoms with E-state index in [0.717, 1.165) is 56.2 Å². The molecule has 0 spiro atoms. The summed E-state index contributed by atoms with van der Waals surface area (Å²) < 4.78 is 5.28. The van der Waals surface area contributed by atoms with Crippen molar-refractivity contribution in [2.45, 2.75) is 31.1 Å². The van der Waals surface area contributed by atoms with E-state index >= 15 is 0 Å². The largest absolute Gasteiger partial charge is 0.468 e. The molecule has 0 radical (unpaired) electrons. The third-order valence-electron chi connectivity index (χ3n) is 4.12. The zero-order valence-electron chi connectivity index (χ0n) is 13.6. The standard InChI is InChI=1S/C16H27N3O2S/c1-18-9-6-14(7-10-18)19(2)16(20)17-8-4-12-22-13-15-5-3-11-21-15/h3,5,11,14H,4,6-10,12-13H2,1-2H3,(H,17,20). The Kier molecular flexibility index (Phi) is 7.12. The SMILES string of the molecule is CN1CCC(N(C)C(=O)NCCCSCc2ccco2)CC1. The number of nitrogens with zero attached hydrogens (tertiary/aromatic N) is 2. The van der Waals surface area contributed by atoms with Crippen LogP contribution in [0.25, 0.3) is 0 Å². The fourth-order valence-electron chi connectivity index (χ4n) is 2.61. The monoisotopic (exact) mass is 325 g/mol. The molecule has 0 bridgehead atoms. The first-order valence-electron chi connectivity index (χ1n) is 7.96. The summed E-state index contributed by atoms with van der Waals surface area (Å²) in [7, 11) is 4.05. The third-order valence-corrected chi connectivity index (χ3v) is 5.19. The van der Waals surface area contributed by atoms with E-state index in [4.69, 9.17) is 4.42 Å². The zero-order valence-corrected chi connectivity index (χ0v) is 14.4. The van der Waals surface area contributed by atoms with Gasteiger partial charge >= 0.3 is 6.03 Å². The second-order valence-corrected chi connectivity index (χ2v) is 6.97. The van der Waals surface area contributed by atoms with Crippen LogP contribution in [-0.2, 0) is 5.75 Å². The van der Waals surface area contributed by atoms with Crippen LogP contribution in [0.3, 0.4) is 0 Å². The molecule has 2 rings (SSSR count). The Hall–Kier alpha value is -1.14. The van der Waals surface area contributed by atoms with Crippen LogP contribution in [0.5, 0.6) is 0 Å². The van der Waals surface area contributed by atoms with Gasteiger partial charge in [-0.15, -0.1) is 0 Å². The highest BCUT2D eigenvalue weighted by molar-refractivity contribution is 7.98. The molecule has 0 aromatic carbocycles. The minimum absolute atomic E-state index is 0.0607. The summed E-state index contributed by atoms with van der Waals surface area (Å²) >= 11 is 1.84. The Labute approximate surface area is 137 Å². The third kappa shape index (κ3) is 5.57. The van der Waals surface area contributed by atoms with Crippen LogP contribution in [0, 0.1) is 0 Å². The van der Waals surface area contributed by atoms with E-state index in [-0.39, 0.29) is 6.03 Å². The maximum Gasteiger partial charge on any atom is 0.317 e. The van der Waals surface area contributed by atoms with Crippen molar-refractivity contribution < 1.29 is 9.21 Å². The van der Waals surface area contributed by atoms with Crippen LogP contribution in [0.4, 0.5) is 4.79 Å². The first kappa shape index (κ1) is 17.2. The highest BCUT2D eigenvalue weighted by Crippen LogP contribution is 2.14. The first-order chi connectivity index (χ1) is 10.7. The predicted octanol–water partition coefficient (Wildman–Crippen LogP) is 2.64. The highest BCUT2D eigenvalue weighted by Gasteiger charge is 2.23. The van der Waals surface area contributed by atoms with Crippen molar-refractivity contribution in [1.29, 1.82) is 0 Å². The molecule has 124 valence electrons. The average Bonchev–Trinajstić information content (AvgIpc) is 3.04.